The zero-order valence-electron chi connectivity index (χ0n) is 9.73. The molecule has 1 aromatic carbocycles. The maximum Gasteiger partial charge on any atom is 0.133 e. The monoisotopic (exact) mass is 228 g/mol. The third kappa shape index (κ3) is 3.87. The number of H-pyrrole nitrogens is 1. The minimum absolute atomic E-state index is 0.297. The molecule has 0 atom stereocenters. The van der Waals surface area contributed by atoms with Crippen molar-refractivity contribution in [2.45, 2.75) is 25.7 Å². The standard InChI is InChI=1S/C14H16N2O/c17-13(8-9-14-15-10-11-16-14)7-6-12-4-2-1-3-5-12/h1-5,10-11H,6-9H2,(H,15,16). The number of carbonyl (C=O) groups is 1. The number of nitrogens with zero attached hydrogens (tertiary/aromatic N) is 1. The molecule has 0 spiro atoms. The van der Waals surface area contributed by atoms with E-state index < -0.39 is 0 Å². The molecular weight excluding hydrogens is 212 g/mol. The molecule has 0 saturated carbocycles. The van der Waals surface area contributed by atoms with Crippen LogP contribution in [0.3, 0.4) is 0 Å². The van der Waals surface area contributed by atoms with Gasteiger partial charge in [-0.3, -0.25) is 4.79 Å². The Morgan fingerprint density at radius 3 is 2.59 bits per heavy atom. The molecular formula is C14H16N2O. The molecule has 2 rings (SSSR count). The number of Topliss-reactive ketones (excluding diaryl/α,β-unsaturated/α-hetero) is 1. The second kappa shape index (κ2) is 5.99. The van der Waals surface area contributed by atoms with Crippen LogP contribution in [0.5, 0.6) is 0 Å². The molecule has 0 aliphatic heterocycles. The highest BCUT2D eigenvalue weighted by Gasteiger charge is 2.04. The second-order valence-corrected chi connectivity index (χ2v) is 4.06. The third-order valence-electron chi connectivity index (χ3n) is 2.73. The summed E-state index contributed by atoms with van der Waals surface area (Å²) < 4.78 is 0. The fourth-order valence-corrected chi connectivity index (χ4v) is 1.75. The van der Waals surface area contributed by atoms with E-state index in [4.69, 9.17) is 0 Å². The topological polar surface area (TPSA) is 45.8 Å². The van der Waals surface area contributed by atoms with Crippen molar-refractivity contribution < 1.29 is 4.79 Å². The smallest absolute Gasteiger partial charge is 0.133 e. The number of hydrogen-bond acceptors (Lipinski definition) is 2. The predicted molar refractivity (Wildman–Crippen MR) is 66.7 cm³/mol. The normalized spacial score (nSPS) is 10.4. The van der Waals surface area contributed by atoms with Crippen LogP contribution in [0.4, 0.5) is 0 Å². The van der Waals surface area contributed by atoms with E-state index in [1.807, 2.05) is 18.2 Å². The van der Waals surface area contributed by atoms with Gasteiger partial charge in [-0.05, 0) is 12.0 Å². The lowest BCUT2D eigenvalue weighted by Crippen LogP contribution is -2.03. The van der Waals surface area contributed by atoms with Crippen molar-refractivity contribution in [3.63, 3.8) is 0 Å². The van der Waals surface area contributed by atoms with Gasteiger partial charge in [-0.1, -0.05) is 30.3 Å². The number of benzene rings is 1. The number of ketones is 1. The van der Waals surface area contributed by atoms with Crippen molar-refractivity contribution in [1.82, 2.24) is 9.97 Å². The summed E-state index contributed by atoms with van der Waals surface area (Å²) in [7, 11) is 0. The van der Waals surface area contributed by atoms with Gasteiger partial charge in [-0.2, -0.15) is 0 Å². The number of aryl methyl sites for hydroxylation is 2. The fourth-order valence-electron chi connectivity index (χ4n) is 1.75. The Labute approximate surface area is 101 Å². The molecule has 0 aliphatic carbocycles. The van der Waals surface area contributed by atoms with Crippen molar-refractivity contribution >= 4 is 5.78 Å². The molecule has 1 heterocycles. The Kier molecular flexibility index (Phi) is 4.08. The van der Waals surface area contributed by atoms with E-state index >= 15 is 0 Å². The summed E-state index contributed by atoms with van der Waals surface area (Å²) in [6.07, 6.45) is 6.22. The number of nitrogens with one attached hydrogen (secondary N) is 1. The second-order valence-electron chi connectivity index (χ2n) is 4.06. The summed E-state index contributed by atoms with van der Waals surface area (Å²) in [5, 5.41) is 0. The van der Waals surface area contributed by atoms with Gasteiger partial charge < -0.3 is 4.98 Å². The number of aromatic nitrogens is 2. The number of hydrogen-bond donors (Lipinski definition) is 1. The minimum atomic E-state index is 0.297. The van der Waals surface area contributed by atoms with Gasteiger partial charge in [-0.15, -0.1) is 0 Å². The van der Waals surface area contributed by atoms with Crippen molar-refractivity contribution in [3.05, 3.63) is 54.1 Å². The molecule has 0 fully saturated rings. The summed E-state index contributed by atoms with van der Waals surface area (Å²) in [4.78, 5) is 18.8. The highest BCUT2D eigenvalue weighted by Crippen LogP contribution is 2.05. The molecule has 0 saturated heterocycles. The SMILES string of the molecule is O=C(CCc1ccccc1)CCc1ncc[nH]1. The predicted octanol–water partition coefficient (Wildman–Crippen LogP) is 2.54. The van der Waals surface area contributed by atoms with Gasteiger partial charge >= 0.3 is 0 Å². The van der Waals surface area contributed by atoms with Gasteiger partial charge in [0, 0.05) is 31.7 Å². The van der Waals surface area contributed by atoms with Crippen LogP contribution in [0.2, 0.25) is 0 Å². The maximum absolute atomic E-state index is 11.7. The van der Waals surface area contributed by atoms with Gasteiger partial charge in [-0.25, -0.2) is 4.98 Å². The molecule has 88 valence electrons. The van der Waals surface area contributed by atoms with Gasteiger partial charge in [0.15, 0.2) is 0 Å². The van der Waals surface area contributed by atoms with E-state index in [-0.39, 0.29) is 0 Å². The van der Waals surface area contributed by atoms with E-state index in [1.165, 1.54) is 5.56 Å². The lowest BCUT2D eigenvalue weighted by atomic mass is 10.1. The van der Waals surface area contributed by atoms with Gasteiger partial charge in [0.2, 0.25) is 0 Å². The molecule has 0 bridgehead atoms. The average Bonchev–Trinajstić information content (AvgIpc) is 2.88. The lowest BCUT2D eigenvalue weighted by molar-refractivity contribution is -0.119. The zero-order valence-corrected chi connectivity index (χ0v) is 9.73. The molecule has 1 N–H and O–H groups in total. The largest absolute Gasteiger partial charge is 0.349 e. The molecule has 1 aromatic heterocycles. The first-order chi connectivity index (χ1) is 8.34. The average molecular weight is 228 g/mol. The molecule has 2 aromatic rings. The van der Waals surface area contributed by atoms with Crippen molar-refractivity contribution in [1.29, 1.82) is 0 Å². The van der Waals surface area contributed by atoms with Crippen LogP contribution in [0.25, 0.3) is 0 Å². The van der Waals surface area contributed by atoms with E-state index in [1.54, 1.807) is 12.4 Å². The Hall–Kier alpha value is -1.90. The molecule has 3 heteroatoms. The summed E-state index contributed by atoms with van der Waals surface area (Å²) >= 11 is 0. The quantitative estimate of drug-likeness (QED) is 0.825. The molecule has 0 unspecified atom stereocenters. The Bertz CT molecular complexity index is 448. The summed E-state index contributed by atoms with van der Waals surface area (Å²) in [6.45, 7) is 0. The Balaban J connectivity index is 1.71. The molecule has 0 amide bonds. The van der Waals surface area contributed by atoms with E-state index in [9.17, 15) is 4.79 Å². The van der Waals surface area contributed by atoms with Gasteiger partial charge in [0.1, 0.15) is 11.6 Å². The van der Waals surface area contributed by atoms with E-state index in [0.29, 0.717) is 25.0 Å². The first-order valence-electron chi connectivity index (χ1n) is 5.88. The van der Waals surface area contributed by atoms with Crippen LogP contribution in [-0.4, -0.2) is 15.8 Å². The number of carbonyl (C=O) groups excluding carboxylic acids is 1. The Morgan fingerprint density at radius 1 is 1.12 bits per heavy atom. The third-order valence-corrected chi connectivity index (χ3v) is 2.73. The van der Waals surface area contributed by atoms with Gasteiger partial charge in [0.25, 0.3) is 0 Å². The van der Waals surface area contributed by atoms with Crippen LogP contribution in [-0.2, 0) is 17.6 Å². The van der Waals surface area contributed by atoms with E-state index in [2.05, 4.69) is 22.1 Å². The molecule has 0 aliphatic rings. The maximum atomic E-state index is 11.7. The molecule has 0 radical (unpaired) electrons. The van der Waals surface area contributed by atoms with Crippen LogP contribution in [0, 0.1) is 0 Å². The van der Waals surface area contributed by atoms with Crippen LogP contribution in [0.1, 0.15) is 24.2 Å². The van der Waals surface area contributed by atoms with Crippen LogP contribution >= 0.6 is 0 Å². The van der Waals surface area contributed by atoms with Crippen molar-refractivity contribution in [2.75, 3.05) is 0 Å². The van der Waals surface area contributed by atoms with Crippen LogP contribution in [0.15, 0.2) is 42.7 Å². The summed E-state index contributed by atoms with van der Waals surface area (Å²) in [5.41, 5.74) is 1.22. The van der Waals surface area contributed by atoms with Crippen molar-refractivity contribution in [2.24, 2.45) is 0 Å². The first kappa shape index (κ1) is 11.6. The number of rotatable bonds is 6. The van der Waals surface area contributed by atoms with Crippen LogP contribution < -0.4 is 0 Å². The lowest BCUT2D eigenvalue weighted by Gasteiger charge is -2.00. The zero-order chi connectivity index (χ0) is 11.9. The highest BCUT2D eigenvalue weighted by atomic mass is 16.1. The number of imidazole rings is 1. The Morgan fingerprint density at radius 2 is 1.88 bits per heavy atom. The van der Waals surface area contributed by atoms with E-state index in [0.717, 1.165) is 12.2 Å². The van der Waals surface area contributed by atoms with Gasteiger partial charge in [0.05, 0.1) is 0 Å². The minimum Gasteiger partial charge on any atom is -0.349 e. The number of aromatic amines is 1. The summed E-state index contributed by atoms with van der Waals surface area (Å²) in [5.74, 6) is 1.18. The first-order valence-corrected chi connectivity index (χ1v) is 5.88. The molecule has 17 heavy (non-hydrogen) atoms. The van der Waals surface area contributed by atoms with Crippen molar-refractivity contribution in [3.8, 4) is 0 Å². The fraction of sp³-hybridized carbons (Fsp3) is 0.286. The molecule has 3 nitrogen and oxygen atoms in total. The highest BCUT2D eigenvalue weighted by molar-refractivity contribution is 5.78. The summed E-state index contributed by atoms with van der Waals surface area (Å²) in [6, 6.07) is 10.1.